The maximum atomic E-state index is 12.6. The molecule has 7 nitrogen and oxygen atoms in total. The van der Waals surface area contributed by atoms with Crippen LogP contribution in [-0.2, 0) is 11.2 Å². The van der Waals surface area contributed by atoms with Crippen LogP contribution in [0.3, 0.4) is 0 Å². The predicted octanol–water partition coefficient (Wildman–Crippen LogP) is 4.03. The maximum Gasteiger partial charge on any atom is 0.226 e. The van der Waals surface area contributed by atoms with E-state index in [1.807, 2.05) is 24.8 Å². The molecule has 4 rings (SSSR count). The molecule has 160 valence electrons. The summed E-state index contributed by atoms with van der Waals surface area (Å²) in [5, 5.41) is 5.12. The largest absolute Gasteiger partial charge is 0.340 e. The van der Waals surface area contributed by atoms with Crippen molar-refractivity contribution in [2.24, 2.45) is 0 Å². The number of aryl methyl sites for hydroxylation is 1. The molecule has 8 heteroatoms. The van der Waals surface area contributed by atoms with E-state index < -0.39 is 0 Å². The first-order chi connectivity index (χ1) is 14.5. The van der Waals surface area contributed by atoms with Gasteiger partial charge >= 0.3 is 0 Å². The molecule has 1 atom stereocenters. The number of thiazole rings is 1. The summed E-state index contributed by atoms with van der Waals surface area (Å²) < 4.78 is 6.49. The average Bonchev–Trinajstić information content (AvgIpc) is 3.40. The minimum absolute atomic E-state index is 0.214. The fourth-order valence-electron chi connectivity index (χ4n) is 3.74. The first-order valence-corrected chi connectivity index (χ1v) is 11.5. The Morgan fingerprint density at radius 2 is 1.90 bits per heavy atom. The highest BCUT2D eigenvalue weighted by Gasteiger charge is 2.26. The molecule has 1 aliphatic rings. The number of amides is 1. The van der Waals surface area contributed by atoms with Crippen LogP contribution in [0.1, 0.15) is 62.3 Å². The van der Waals surface area contributed by atoms with Crippen molar-refractivity contribution in [2.45, 2.75) is 52.0 Å². The van der Waals surface area contributed by atoms with Gasteiger partial charge in [0, 0.05) is 44.9 Å². The molecule has 1 fully saturated rings. The Hall–Kier alpha value is -2.32. The second-order valence-corrected chi connectivity index (χ2v) is 9.23. The average molecular weight is 428 g/mol. The maximum absolute atomic E-state index is 12.6. The molecule has 1 aliphatic heterocycles. The summed E-state index contributed by atoms with van der Waals surface area (Å²) in [6.45, 7) is 9.59. The van der Waals surface area contributed by atoms with Crippen molar-refractivity contribution >= 4 is 27.5 Å². The molecule has 3 aromatic rings. The van der Waals surface area contributed by atoms with E-state index in [9.17, 15) is 4.79 Å². The van der Waals surface area contributed by atoms with Gasteiger partial charge in [-0.2, -0.15) is 4.98 Å². The highest BCUT2D eigenvalue weighted by Crippen LogP contribution is 2.30. The Morgan fingerprint density at radius 3 is 2.60 bits per heavy atom. The van der Waals surface area contributed by atoms with Crippen LogP contribution >= 0.6 is 11.3 Å². The van der Waals surface area contributed by atoms with Gasteiger partial charge in [0.25, 0.3) is 0 Å². The van der Waals surface area contributed by atoms with E-state index in [-0.39, 0.29) is 17.9 Å². The number of carbonyl (C=O) groups excluding carboxylic acids is 1. The number of rotatable bonds is 7. The van der Waals surface area contributed by atoms with Crippen LogP contribution in [0, 0.1) is 0 Å². The topological polar surface area (TPSA) is 75.4 Å². The summed E-state index contributed by atoms with van der Waals surface area (Å²) in [7, 11) is 0. The molecule has 0 saturated carbocycles. The first kappa shape index (κ1) is 20.9. The van der Waals surface area contributed by atoms with Gasteiger partial charge in [-0.1, -0.05) is 31.1 Å². The summed E-state index contributed by atoms with van der Waals surface area (Å²) in [5.74, 6) is 1.83. The normalized spacial score (nSPS) is 16.5. The molecule has 0 radical (unpaired) electrons. The Balaban J connectivity index is 1.23. The molecule has 30 heavy (non-hydrogen) atoms. The molecule has 2 aromatic heterocycles. The number of fused-ring (bicyclic) bond motifs is 1. The number of piperazine rings is 1. The third-order valence-corrected chi connectivity index (χ3v) is 6.87. The highest BCUT2D eigenvalue weighted by molar-refractivity contribution is 7.18. The monoisotopic (exact) mass is 427 g/mol. The van der Waals surface area contributed by atoms with Crippen molar-refractivity contribution in [1.82, 2.24) is 24.9 Å². The van der Waals surface area contributed by atoms with Crippen molar-refractivity contribution < 1.29 is 9.32 Å². The van der Waals surface area contributed by atoms with Crippen molar-refractivity contribution in [3.8, 4) is 0 Å². The number of nitrogens with zero attached hydrogens (tertiary/aromatic N) is 5. The van der Waals surface area contributed by atoms with Crippen molar-refractivity contribution in [1.29, 1.82) is 0 Å². The lowest BCUT2D eigenvalue weighted by atomic mass is 10.2. The van der Waals surface area contributed by atoms with Crippen LogP contribution in [0.15, 0.2) is 28.8 Å². The Bertz CT molecular complexity index is 957. The van der Waals surface area contributed by atoms with Gasteiger partial charge in [0.15, 0.2) is 5.82 Å². The number of hydrogen-bond acceptors (Lipinski definition) is 7. The van der Waals surface area contributed by atoms with Crippen LogP contribution in [0.2, 0.25) is 0 Å². The molecular weight excluding hydrogens is 398 g/mol. The number of aromatic nitrogens is 3. The smallest absolute Gasteiger partial charge is 0.226 e. The number of carbonyl (C=O) groups is 1. The zero-order valence-corrected chi connectivity index (χ0v) is 18.7. The van der Waals surface area contributed by atoms with Gasteiger partial charge < -0.3 is 9.42 Å². The zero-order valence-electron chi connectivity index (χ0n) is 17.9. The fourth-order valence-corrected chi connectivity index (χ4v) is 4.79. The van der Waals surface area contributed by atoms with E-state index in [0.717, 1.165) is 48.9 Å². The Kier molecular flexibility index (Phi) is 6.43. The summed E-state index contributed by atoms with van der Waals surface area (Å²) in [6.07, 6.45) is 1.91. The van der Waals surface area contributed by atoms with Gasteiger partial charge in [0.1, 0.15) is 5.01 Å². The lowest BCUT2D eigenvalue weighted by molar-refractivity contribution is -0.133. The summed E-state index contributed by atoms with van der Waals surface area (Å²) in [5.41, 5.74) is 1.07. The van der Waals surface area contributed by atoms with Gasteiger partial charge in [-0.25, -0.2) is 4.98 Å². The Morgan fingerprint density at radius 1 is 1.13 bits per heavy atom. The molecule has 1 saturated heterocycles. The lowest BCUT2D eigenvalue weighted by Crippen LogP contribution is -2.49. The molecule has 3 heterocycles. The molecule has 1 amide bonds. The van der Waals surface area contributed by atoms with E-state index in [0.29, 0.717) is 18.7 Å². The standard InChI is InChI=1S/C22H29N5O2S/c1-15(2)21-24-19(29-25-21)9-6-10-20(28)27-13-11-26(12-14-27)16(3)22-23-17-7-4-5-8-18(17)30-22/h4-5,7-8,15-16H,6,9-14H2,1-3H3/t16-/m0/s1. The van der Waals surface area contributed by atoms with Gasteiger partial charge in [-0.3, -0.25) is 9.69 Å². The van der Waals surface area contributed by atoms with Gasteiger partial charge in [0.2, 0.25) is 11.8 Å². The number of hydrogen-bond donors (Lipinski definition) is 0. The minimum atomic E-state index is 0.214. The van der Waals surface area contributed by atoms with Crippen molar-refractivity contribution in [2.75, 3.05) is 26.2 Å². The highest BCUT2D eigenvalue weighted by atomic mass is 32.1. The molecule has 0 aliphatic carbocycles. The minimum Gasteiger partial charge on any atom is -0.340 e. The van der Waals surface area contributed by atoms with E-state index in [1.54, 1.807) is 11.3 Å². The lowest BCUT2D eigenvalue weighted by Gasteiger charge is -2.37. The molecule has 0 bridgehead atoms. The second kappa shape index (κ2) is 9.22. The summed E-state index contributed by atoms with van der Waals surface area (Å²) >= 11 is 1.77. The predicted molar refractivity (Wildman–Crippen MR) is 118 cm³/mol. The van der Waals surface area contributed by atoms with Crippen LogP contribution < -0.4 is 0 Å². The van der Waals surface area contributed by atoms with Gasteiger partial charge in [-0.15, -0.1) is 11.3 Å². The van der Waals surface area contributed by atoms with E-state index >= 15 is 0 Å². The molecule has 1 aromatic carbocycles. The molecule has 0 N–H and O–H groups in total. The third kappa shape index (κ3) is 4.70. The molecule has 0 spiro atoms. The third-order valence-electron chi connectivity index (χ3n) is 5.66. The van der Waals surface area contributed by atoms with Crippen molar-refractivity contribution in [3.63, 3.8) is 0 Å². The van der Waals surface area contributed by atoms with Crippen LogP contribution in [0.5, 0.6) is 0 Å². The van der Waals surface area contributed by atoms with Gasteiger partial charge in [0.05, 0.1) is 16.3 Å². The Labute approximate surface area is 181 Å². The van der Waals surface area contributed by atoms with Crippen LogP contribution in [-0.4, -0.2) is 57.0 Å². The first-order valence-electron chi connectivity index (χ1n) is 10.7. The SMILES string of the molecule is CC(C)c1noc(CCCC(=O)N2CCN([C@@H](C)c3nc4ccccc4s3)CC2)n1. The van der Waals surface area contributed by atoms with E-state index in [4.69, 9.17) is 9.51 Å². The molecule has 0 unspecified atom stereocenters. The van der Waals surface area contributed by atoms with Crippen molar-refractivity contribution in [3.05, 3.63) is 41.0 Å². The van der Waals surface area contributed by atoms with Crippen LogP contribution in [0.4, 0.5) is 0 Å². The summed E-state index contributed by atoms with van der Waals surface area (Å²) in [4.78, 5) is 26.2. The van der Waals surface area contributed by atoms with Crippen LogP contribution in [0.25, 0.3) is 10.2 Å². The fraction of sp³-hybridized carbons (Fsp3) is 0.545. The van der Waals surface area contributed by atoms with Gasteiger partial charge in [-0.05, 0) is 25.5 Å². The second-order valence-electron chi connectivity index (χ2n) is 8.17. The number of benzene rings is 1. The quantitative estimate of drug-likeness (QED) is 0.567. The number of para-hydroxylation sites is 1. The van der Waals surface area contributed by atoms with E-state index in [2.05, 4.69) is 40.2 Å². The zero-order chi connectivity index (χ0) is 21.1. The van der Waals surface area contributed by atoms with E-state index in [1.165, 1.54) is 4.70 Å². The molecular formula is C22H29N5O2S. The summed E-state index contributed by atoms with van der Waals surface area (Å²) in [6, 6.07) is 8.55.